The summed E-state index contributed by atoms with van der Waals surface area (Å²) < 4.78 is 0. The lowest BCUT2D eigenvalue weighted by molar-refractivity contribution is 0.0906. The van der Waals surface area contributed by atoms with Gasteiger partial charge in [0.05, 0.1) is 11.2 Å². The molecule has 6 heteroatoms. The standard InChI is InChI=1S/C17H20ClN3OS/c1-11-14(15(22)21-17(10-19)8-2-3-9-17)23-16(20-11)12-4-6-13(18)7-5-12/h4-7H,2-3,8-10,19H2,1H3,(H,21,22). The summed E-state index contributed by atoms with van der Waals surface area (Å²) in [5, 5.41) is 4.68. The Morgan fingerprint density at radius 3 is 2.61 bits per heavy atom. The molecule has 3 N–H and O–H groups in total. The topological polar surface area (TPSA) is 68.0 Å². The molecule has 0 atom stereocenters. The minimum Gasteiger partial charge on any atom is -0.345 e. The van der Waals surface area contributed by atoms with Crippen LogP contribution in [0.15, 0.2) is 24.3 Å². The lowest BCUT2D eigenvalue weighted by atomic mass is 9.98. The van der Waals surface area contributed by atoms with Gasteiger partial charge in [0.15, 0.2) is 0 Å². The van der Waals surface area contributed by atoms with Crippen LogP contribution >= 0.6 is 22.9 Å². The molecule has 2 aromatic rings. The lowest BCUT2D eigenvalue weighted by Gasteiger charge is -2.28. The van der Waals surface area contributed by atoms with Crippen molar-refractivity contribution in [3.63, 3.8) is 0 Å². The van der Waals surface area contributed by atoms with Crippen LogP contribution in [-0.2, 0) is 0 Å². The zero-order chi connectivity index (χ0) is 16.4. The van der Waals surface area contributed by atoms with Crippen molar-refractivity contribution in [2.75, 3.05) is 6.54 Å². The van der Waals surface area contributed by atoms with Crippen molar-refractivity contribution in [1.29, 1.82) is 0 Å². The molecule has 1 amide bonds. The van der Waals surface area contributed by atoms with E-state index in [-0.39, 0.29) is 11.4 Å². The molecule has 0 aliphatic heterocycles. The number of carbonyl (C=O) groups is 1. The van der Waals surface area contributed by atoms with E-state index < -0.39 is 0 Å². The maximum atomic E-state index is 12.7. The molecular weight excluding hydrogens is 330 g/mol. The molecule has 1 aliphatic rings. The summed E-state index contributed by atoms with van der Waals surface area (Å²) in [4.78, 5) is 17.9. The average molecular weight is 350 g/mol. The molecular formula is C17H20ClN3OS. The molecule has 3 rings (SSSR count). The second-order valence-corrected chi connectivity index (χ2v) is 7.52. The molecule has 1 heterocycles. The first kappa shape index (κ1) is 16.4. The lowest BCUT2D eigenvalue weighted by Crippen LogP contribution is -2.51. The van der Waals surface area contributed by atoms with Gasteiger partial charge in [-0.2, -0.15) is 0 Å². The van der Waals surface area contributed by atoms with E-state index in [2.05, 4.69) is 10.3 Å². The van der Waals surface area contributed by atoms with Crippen LogP contribution in [0.4, 0.5) is 0 Å². The number of benzene rings is 1. The number of hydrogen-bond acceptors (Lipinski definition) is 4. The number of nitrogens with zero attached hydrogens (tertiary/aromatic N) is 1. The van der Waals surface area contributed by atoms with Gasteiger partial charge in [-0.3, -0.25) is 4.79 Å². The first-order chi connectivity index (χ1) is 11.0. The van der Waals surface area contributed by atoms with Crippen LogP contribution in [0.1, 0.15) is 41.0 Å². The fourth-order valence-electron chi connectivity index (χ4n) is 3.05. The fourth-order valence-corrected chi connectivity index (χ4v) is 4.15. The molecule has 0 saturated heterocycles. The normalized spacial score (nSPS) is 16.5. The van der Waals surface area contributed by atoms with Gasteiger partial charge in [-0.05, 0) is 31.9 Å². The van der Waals surface area contributed by atoms with Crippen molar-refractivity contribution in [2.24, 2.45) is 5.73 Å². The van der Waals surface area contributed by atoms with Crippen molar-refractivity contribution < 1.29 is 4.79 Å². The Balaban J connectivity index is 1.83. The van der Waals surface area contributed by atoms with E-state index in [4.69, 9.17) is 17.3 Å². The Morgan fingerprint density at radius 1 is 1.35 bits per heavy atom. The summed E-state index contributed by atoms with van der Waals surface area (Å²) in [5.41, 5.74) is 7.38. The Morgan fingerprint density at radius 2 is 2.00 bits per heavy atom. The van der Waals surface area contributed by atoms with E-state index in [9.17, 15) is 4.79 Å². The summed E-state index contributed by atoms with van der Waals surface area (Å²) in [7, 11) is 0. The van der Waals surface area contributed by atoms with Crippen LogP contribution in [0.5, 0.6) is 0 Å². The second kappa shape index (κ2) is 6.59. The summed E-state index contributed by atoms with van der Waals surface area (Å²) in [6, 6.07) is 7.49. The summed E-state index contributed by atoms with van der Waals surface area (Å²) in [6.07, 6.45) is 4.15. The van der Waals surface area contributed by atoms with Crippen molar-refractivity contribution in [3.05, 3.63) is 39.9 Å². The first-order valence-corrected chi connectivity index (χ1v) is 8.98. The highest BCUT2D eigenvalue weighted by molar-refractivity contribution is 7.17. The zero-order valence-corrected chi connectivity index (χ0v) is 14.6. The van der Waals surface area contributed by atoms with Crippen LogP contribution in [0.3, 0.4) is 0 Å². The van der Waals surface area contributed by atoms with Gasteiger partial charge in [-0.25, -0.2) is 4.98 Å². The van der Waals surface area contributed by atoms with E-state index in [0.717, 1.165) is 41.9 Å². The largest absolute Gasteiger partial charge is 0.345 e. The van der Waals surface area contributed by atoms with Gasteiger partial charge in [-0.1, -0.05) is 36.6 Å². The molecule has 122 valence electrons. The predicted molar refractivity (Wildman–Crippen MR) is 95.0 cm³/mol. The van der Waals surface area contributed by atoms with Crippen molar-refractivity contribution in [2.45, 2.75) is 38.1 Å². The number of amides is 1. The van der Waals surface area contributed by atoms with E-state index in [1.165, 1.54) is 11.3 Å². The molecule has 4 nitrogen and oxygen atoms in total. The number of thiazole rings is 1. The highest BCUT2D eigenvalue weighted by Gasteiger charge is 2.34. The van der Waals surface area contributed by atoms with Gasteiger partial charge >= 0.3 is 0 Å². The van der Waals surface area contributed by atoms with Gasteiger partial charge in [0.1, 0.15) is 9.88 Å². The summed E-state index contributed by atoms with van der Waals surface area (Å²) >= 11 is 7.33. The number of carbonyl (C=O) groups excluding carboxylic acids is 1. The third-order valence-electron chi connectivity index (χ3n) is 4.42. The molecule has 0 spiro atoms. The Labute approximate surface area is 145 Å². The molecule has 1 aromatic heterocycles. The van der Waals surface area contributed by atoms with Crippen LogP contribution in [0, 0.1) is 6.92 Å². The van der Waals surface area contributed by atoms with Crippen molar-refractivity contribution in [3.8, 4) is 10.6 Å². The number of aryl methyl sites for hydroxylation is 1. The number of rotatable bonds is 4. The van der Waals surface area contributed by atoms with Gasteiger partial charge < -0.3 is 11.1 Å². The number of halogens is 1. The molecule has 1 aromatic carbocycles. The highest BCUT2D eigenvalue weighted by atomic mass is 35.5. The zero-order valence-electron chi connectivity index (χ0n) is 13.1. The van der Waals surface area contributed by atoms with Crippen molar-refractivity contribution in [1.82, 2.24) is 10.3 Å². The third-order valence-corrected chi connectivity index (χ3v) is 5.88. The van der Waals surface area contributed by atoms with E-state index in [1.807, 2.05) is 31.2 Å². The Bertz CT molecular complexity index is 705. The van der Waals surface area contributed by atoms with Crippen LogP contribution in [0.2, 0.25) is 5.02 Å². The molecule has 0 bridgehead atoms. The van der Waals surface area contributed by atoms with Gasteiger partial charge in [-0.15, -0.1) is 11.3 Å². The number of nitrogens with two attached hydrogens (primary N) is 1. The molecule has 0 radical (unpaired) electrons. The molecule has 1 fully saturated rings. The van der Waals surface area contributed by atoms with E-state index in [1.54, 1.807) is 0 Å². The monoisotopic (exact) mass is 349 g/mol. The number of aromatic nitrogens is 1. The maximum Gasteiger partial charge on any atom is 0.263 e. The minimum atomic E-state index is -0.242. The fraction of sp³-hybridized carbons (Fsp3) is 0.412. The predicted octanol–water partition coefficient (Wildman–Crippen LogP) is 3.77. The number of hydrogen-bond donors (Lipinski definition) is 2. The van der Waals surface area contributed by atoms with Gasteiger partial charge in [0, 0.05) is 17.1 Å². The Kier molecular flexibility index (Phi) is 4.71. The molecule has 1 saturated carbocycles. The van der Waals surface area contributed by atoms with Gasteiger partial charge in [0.25, 0.3) is 5.91 Å². The van der Waals surface area contributed by atoms with E-state index >= 15 is 0 Å². The summed E-state index contributed by atoms with van der Waals surface area (Å²) in [5.74, 6) is -0.0624. The van der Waals surface area contributed by atoms with Crippen LogP contribution in [-0.4, -0.2) is 23.0 Å². The maximum absolute atomic E-state index is 12.7. The van der Waals surface area contributed by atoms with E-state index in [0.29, 0.717) is 16.4 Å². The molecule has 1 aliphatic carbocycles. The third kappa shape index (κ3) is 3.42. The summed E-state index contributed by atoms with van der Waals surface area (Å²) in [6.45, 7) is 2.36. The first-order valence-electron chi connectivity index (χ1n) is 7.79. The Hall–Kier alpha value is -1.43. The number of nitrogens with one attached hydrogen (secondary N) is 1. The average Bonchev–Trinajstić information content (AvgIpc) is 3.15. The quantitative estimate of drug-likeness (QED) is 0.882. The molecule has 23 heavy (non-hydrogen) atoms. The minimum absolute atomic E-state index is 0.0624. The van der Waals surface area contributed by atoms with Crippen molar-refractivity contribution >= 4 is 28.8 Å². The molecule has 0 unspecified atom stereocenters. The van der Waals surface area contributed by atoms with Gasteiger partial charge in [0.2, 0.25) is 0 Å². The second-order valence-electron chi connectivity index (χ2n) is 6.09. The smallest absolute Gasteiger partial charge is 0.263 e. The SMILES string of the molecule is Cc1nc(-c2ccc(Cl)cc2)sc1C(=O)NC1(CN)CCCC1. The van der Waals surface area contributed by atoms with Crippen LogP contribution < -0.4 is 11.1 Å². The highest BCUT2D eigenvalue weighted by Crippen LogP contribution is 2.32. The van der Waals surface area contributed by atoms with Crippen LogP contribution in [0.25, 0.3) is 10.6 Å².